The van der Waals surface area contributed by atoms with Crippen LogP contribution >= 0.6 is 0 Å². The molecular formula is C13H22N4O2. The molecule has 0 atom stereocenters. The number of nitrogens with two attached hydrogens (primary N) is 1. The molecule has 1 aliphatic rings. The maximum absolute atomic E-state index is 12.1. The summed E-state index contributed by atoms with van der Waals surface area (Å²) in [7, 11) is 0. The first-order valence-corrected chi connectivity index (χ1v) is 6.74. The van der Waals surface area contributed by atoms with E-state index in [4.69, 9.17) is 10.5 Å². The minimum atomic E-state index is -0.207. The van der Waals surface area contributed by atoms with E-state index in [-0.39, 0.29) is 11.3 Å². The van der Waals surface area contributed by atoms with Gasteiger partial charge in [-0.3, -0.25) is 9.89 Å². The van der Waals surface area contributed by atoms with Crippen molar-refractivity contribution in [2.75, 3.05) is 25.5 Å². The van der Waals surface area contributed by atoms with Crippen LogP contribution in [0.3, 0.4) is 0 Å². The zero-order valence-electron chi connectivity index (χ0n) is 11.6. The number of carbonyl (C=O) groups excluding carboxylic acids is 1. The van der Waals surface area contributed by atoms with Crippen LogP contribution in [0.15, 0.2) is 0 Å². The van der Waals surface area contributed by atoms with Crippen molar-refractivity contribution in [1.82, 2.24) is 15.5 Å². The summed E-state index contributed by atoms with van der Waals surface area (Å²) in [5, 5.41) is 9.71. The van der Waals surface area contributed by atoms with Crippen LogP contribution in [-0.4, -0.2) is 35.9 Å². The summed E-state index contributed by atoms with van der Waals surface area (Å²) in [6, 6.07) is 0. The lowest BCUT2D eigenvalue weighted by Crippen LogP contribution is -2.39. The molecule has 0 radical (unpaired) electrons. The van der Waals surface area contributed by atoms with Gasteiger partial charge in [0.05, 0.1) is 11.4 Å². The Morgan fingerprint density at radius 2 is 2.21 bits per heavy atom. The maximum atomic E-state index is 12.1. The van der Waals surface area contributed by atoms with E-state index in [0.717, 1.165) is 38.2 Å². The molecule has 0 aliphatic carbocycles. The number of carbonyl (C=O) groups is 1. The van der Waals surface area contributed by atoms with Crippen molar-refractivity contribution in [2.45, 2.75) is 33.1 Å². The number of hydrogen-bond acceptors (Lipinski definition) is 4. The Morgan fingerprint density at radius 1 is 1.53 bits per heavy atom. The number of aryl methyl sites for hydroxylation is 1. The third-order valence-electron chi connectivity index (χ3n) is 3.83. The fourth-order valence-electron chi connectivity index (χ4n) is 2.25. The van der Waals surface area contributed by atoms with Crippen LogP contribution < -0.4 is 11.1 Å². The van der Waals surface area contributed by atoms with Crippen LogP contribution in [0.1, 0.15) is 42.9 Å². The summed E-state index contributed by atoms with van der Waals surface area (Å²) < 4.78 is 5.34. The number of H-pyrrole nitrogens is 1. The van der Waals surface area contributed by atoms with E-state index in [1.165, 1.54) is 0 Å². The molecule has 1 fully saturated rings. The molecule has 2 heterocycles. The molecule has 2 rings (SSSR count). The molecule has 1 saturated heterocycles. The second-order valence-corrected chi connectivity index (χ2v) is 5.42. The van der Waals surface area contributed by atoms with Crippen molar-refractivity contribution in [2.24, 2.45) is 5.41 Å². The summed E-state index contributed by atoms with van der Waals surface area (Å²) >= 11 is 0. The van der Waals surface area contributed by atoms with Crippen LogP contribution in [0.5, 0.6) is 0 Å². The number of anilines is 1. The number of amides is 1. The number of ether oxygens (including phenoxy) is 1. The summed E-state index contributed by atoms with van der Waals surface area (Å²) in [5.41, 5.74) is 7.55. The van der Waals surface area contributed by atoms with E-state index in [1.807, 2.05) is 6.92 Å². The highest BCUT2D eigenvalue weighted by Gasteiger charge is 2.28. The first kappa shape index (κ1) is 13.9. The standard InChI is InChI=1S/C13H22N4O2/c1-3-9-10(14)11(17-16-9)12(18)15-8-13(2)4-6-19-7-5-13/h3-8,14H2,1-2H3,(H,15,18)(H,16,17). The number of nitrogens with zero attached hydrogens (tertiary/aromatic N) is 1. The first-order chi connectivity index (χ1) is 9.06. The number of rotatable bonds is 4. The smallest absolute Gasteiger partial charge is 0.273 e. The van der Waals surface area contributed by atoms with Crippen molar-refractivity contribution >= 4 is 11.6 Å². The minimum absolute atomic E-state index is 0.104. The fourth-order valence-corrected chi connectivity index (χ4v) is 2.25. The molecule has 1 aromatic rings. The zero-order valence-corrected chi connectivity index (χ0v) is 11.6. The second-order valence-electron chi connectivity index (χ2n) is 5.42. The number of aromatic amines is 1. The van der Waals surface area contributed by atoms with Gasteiger partial charge in [0.2, 0.25) is 0 Å². The third kappa shape index (κ3) is 3.07. The van der Waals surface area contributed by atoms with Crippen molar-refractivity contribution < 1.29 is 9.53 Å². The molecule has 0 aromatic carbocycles. The molecule has 6 heteroatoms. The highest BCUT2D eigenvalue weighted by molar-refractivity contribution is 5.97. The fraction of sp³-hybridized carbons (Fsp3) is 0.692. The second kappa shape index (κ2) is 5.61. The minimum Gasteiger partial charge on any atom is -0.395 e. The Balaban J connectivity index is 1.95. The van der Waals surface area contributed by atoms with E-state index in [2.05, 4.69) is 22.4 Å². The van der Waals surface area contributed by atoms with Crippen LogP contribution in [0.25, 0.3) is 0 Å². The third-order valence-corrected chi connectivity index (χ3v) is 3.83. The van der Waals surface area contributed by atoms with E-state index in [9.17, 15) is 4.79 Å². The monoisotopic (exact) mass is 266 g/mol. The molecule has 6 nitrogen and oxygen atoms in total. The van der Waals surface area contributed by atoms with Crippen LogP contribution in [-0.2, 0) is 11.2 Å². The molecule has 19 heavy (non-hydrogen) atoms. The summed E-state index contributed by atoms with van der Waals surface area (Å²) in [4.78, 5) is 12.1. The van der Waals surface area contributed by atoms with Gasteiger partial charge < -0.3 is 15.8 Å². The van der Waals surface area contributed by atoms with Gasteiger partial charge >= 0.3 is 0 Å². The van der Waals surface area contributed by atoms with Gasteiger partial charge in [0.15, 0.2) is 5.69 Å². The van der Waals surface area contributed by atoms with E-state index < -0.39 is 0 Å². The predicted molar refractivity (Wildman–Crippen MR) is 72.9 cm³/mol. The summed E-state index contributed by atoms with van der Waals surface area (Å²) in [5.74, 6) is -0.207. The molecule has 106 valence electrons. The average Bonchev–Trinajstić information content (AvgIpc) is 2.78. The first-order valence-electron chi connectivity index (χ1n) is 6.74. The molecule has 1 aromatic heterocycles. The molecule has 0 saturated carbocycles. The van der Waals surface area contributed by atoms with Crippen molar-refractivity contribution in [3.8, 4) is 0 Å². The number of aromatic nitrogens is 2. The predicted octanol–water partition coefficient (Wildman–Crippen LogP) is 1.10. The van der Waals surface area contributed by atoms with E-state index in [0.29, 0.717) is 17.9 Å². The van der Waals surface area contributed by atoms with Gasteiger partial charge in [0, 0.05) is 19.8 Å². The molecule has 1 amide bonds. The van der Waals surface area contributed by atoms with Gasteiger partial charge in [-0.05, 0) is 24.7 Å². The Hall–Kier alpha value is -1.56. The Labute approximate surface area is 113 Å². The topological polar surface area (TPSA) is 93.0 Å². The SMILES string of the molecule is CCc1[nH]nc(C(=O)NCC2(C)CCOCC2)c1N. The van der Waals surface area contributed by atoms with Gasteiger partial charge in [0.25, 0.3) is 5.91 Å². The number of nitrogens with one attached hydrogen (secondary N) is 2. The lowest BCUT2D eigenvalue weighted by atomic mass is 9.82. The summed E-state index contributed by atoms with van der Waals surface area (Å²) in [6.45, 7) is 6.28. The highest BCUT2D eigenvalue weighted by atomic mass is 16.5. The van der Waals surface area contributed by atoms with Gasteiger partial charge in [-0.1, -0.05) is 13.8 Å². The highest BCUT2D eigenvalue weighted by Crippen LogP contribution is 2.28. The molecular weight excluding hydrogens is 244 g/mol. The van der Waals surface area contributed by atoms with Crippen molar-refractivity contribution in [3.63, 3.8) is 0 Å². The lowest BCUT2D eigenvalue weighted by molar-refractivity contribution is 0.0238. The van der Waals surface area contributed by atoms with Crippen molar-refractivity contribution in [1.29, 1.82) is 0 Å². The van der Waals surface area contributed by atoms with E-state index >= 15 is 0 Å². The Kier molecular flexibility index (Phi) is 4.09. The Morgan fingerprint density at radius 3 is 2.79 bits per heavy atom. The molecule has 0 bridgehead atoms. The van der Waals surface area contributed by atoms with Crippen LogP contribution in [0.2, 0.25) is 0 Å². The number of hydrogen-bond donors (Lipinski definition) is 3. The van der Waals surface area contributed by atoms with Gasteiger partial charge in [-0.15, -0.1) is 0 Å². The van der Waals surface area contributed by atoms with Crippen molar-refractivity contribution in [3.05, 3.63) is 11.4 Å². The van der Waals surface area contributed by atoms with Gasteiger partial charge in [0.1, 0.15) is 0 Å². The quantitative estimate of drug-likeness (QED) is 0.760. The summed E-state index contributed by atoms with van der Waals surface area (Å²) in [6.07, 6.45) is 2.66. The van der Waals surface area contributed by atoms with Crippen LogP contribution in [0.4, 0.5) is 5.69 Å². The number of nitrogen functional groups attached to an aromatic ring is 1. The average molecular weight is 266 g/mol. The Bertz CT molecular complexity index is 449. The molecule has 0 unspecified atom stereocenters. The zero-order chi connectivity index (χ0) is 13.9. The van der Waals surface area contributed by atoms with Gasteiger partial charge in [-0.2, -0.15) is 5.10 Å². The normalized spacial score (nSPS) is 18.2. The molecule has 4 N–H and O–H groups in total. The lowest BCUT2D eigenvalue weighted by Gasteiger charge is -2.33. The van der Waals surface area contributed by atoms with Crippen LogP contribution in [0, 0.1) is 5.41 Å². The van der Waals surface area contributed by atoms with Gasteiger partial charge in [-0.25, -0.2) is 0 Å². The molecule has 1 aliphatic heterocycles. The van der Waals surface area contributed by atoms with E-state index in [1.54, 1.807) is 0 Å². The largest absolute Gasteiger partial charge is 0.395 e. The molecule has 0 spiro atoms. The maximum Gasteiger partial charge on any atom is 0.273 e.